The van der Waals surface area contributed by atoms with Gasteiger partial charge >= 0.3 is 0 Å². The number of fused-ring (bicyclic) bond motifs is 25. The summed E-state index contributed by atoms with van der Waals surface area (Å²) in [6.07, 6.45) is 0. The van der Waals surface area contributed by atoms with Crippen molar-refractivity contribution >= 4 is 187 Å². The quantitative estimate of drug-likeness (QED) is 0.127. The van der Waals surface area contributed by atoms with Crippen LogP contribution >= 0.6 is 0 Å². The van der Waals surface area contributed by atoms with Crippen LogP contribution in [-0.2, 0) is 0 Å². The highest BCUT2D eigenvalue weighted by molar-refractivity contribution is 7.00. The molecule has 0 unspecified atom stereocenters. The summed E-state index contributed by atoms with van der Waals surface area (Å²) < 4.78 is 7.50. The zero-order valence-electron chi connectivity index (χ0n) is 52.0. The Bertz CT molecular complexity index is 6240. The van der Waals surface area contributed by atoms with E-state index in [9.17, 15) is 0 Å². The van der Waals surface area contributed by atoms with Crippen molar-refractivity contribution in [1.82, 2.24) is 13.7 Å². The number of rotatable bonds is 5. The van der Waals surface area contributed by atoms with Crippen molar-refractivity contribution in [2.24, 2.45) is 0 Å². The van der Waals surface area contributed by atoms with Crippen molar-refractivity contribution in [3.05, 3.63) is 328 Å². The van der Waals surface area contributed by atoms with E-state index in [1.165, 1.54) is 135 Å². The minimum atomic E-state index is -0.199. The monoisotopic (exact) mass is 1220 g/mol. The van der Waals surface area contributed by atoms with E-state index in [-0.39, 0.29) is 6.71 Å². The first kappa shape index (κ1) is 51.9. The second-order valence-corrected chi connectivity index (χ2v) is 26.2. The standard InChI is InChI=1S/C90H54BN5/c1-3-25-64-60(21-1)62-23-5-7-27-66(62)76-49-55(41-45-68(64)76)94-86-51-57(92-80-35-15-9-29-70(80)71-30-10-16-36-81(71)92)43-47-78(86)91-79-48-44-58(93-82-37-17-11-31-72(82)73-32-12-18-38-83(73)93)52-87(79)95(56-42-46-69-65-26-4-2-22-61(65)63-24-6-8-28-67(63)77(69)50-56)89-54-59(53-88(94)90(89)91)96-84-39-19-13-33-74(84)75-34-14-20-40-85(75)96/h1-54H. The number of hydrogen-bond donors (Lipinski definition) is 0. The van der Waals surface area contributed by atoms with E-state index in [0.717, 1.165) is 62.2 Å². The molecule has 20 aromatic rings. The molecule has 2 aliphatic heterocycles. The summed E-state index contributed by atoms with van der Waals surface area (Å²) in [5, 5.41) is 22.3. The predicted octanol–water partition coefficient (Wildman–Crippen LogP) is 22.0. The van der Waals surface area contributed by atoms with Gasteiger partial charge in [0.05, 0.1) is 38.8 Å². The van der Waals surface area contributed by atoms with E-state index >= 15 is 0 Å². The zero-order chi connectivity index (χ0) is 62.4. The smallest absolute Gasteiger partial charge is 0.252 e. The molecule has 0 atom stereocenters. The number of para-hydroxylation sites is 6. The Morgan fingerprint density at radius 1 is 0.167 bits per heavy atom. The number of hydrogen-bond acceptors (Lipinski definition) is 2. The van der Waals surface area contributed by atoms with E-state index in [4.69, 9.17) is 0 Å². The molecule has 0 radical (unpaired) electrons. The summed E-state index contributed by atoms with van der Waals surface area (Å²) in [5.41, 5.74) is 20.7. The maximum Gasteiger partial charge on any atom is 0.252 e. The van der Waals surface area contributed by atoms with E-state index in [2.05, 4.69) is 351 Å². The number of aromatic nitrogens is 3. The summed E-state index contributed by atoms with van der Waals surface area (Å²) in [6, 6.07) is 124. The highest BCUT2D eigenvalue weighted by Gasteiger charge is 2.45. The summed E-state index contributed by atoms with van der Waals surface area (Å²) in [7, 11) is 0. The van der Waals surface area contributed by atoms with Crippen LogP contribution in [0.2, 0.25) is 0 Å². The molecular formula is C90H54BN5. The van der Waals surface area contributed by atoms with Crippen LogP contribution in [0.5, 0.6) is 0 Å². The highest BCUT2D eigenvalue weighted by atomic mass is 15.2. The molecule has 2 aliphatic rings. The van der Waals surface area contributed by atoms with Gasteiger partial charge in [-0.3, -0.25) is 0 Å². The van der Waals surface area contributed by atoms with Gasteiger partial charge in [0.25, 0.3) is 6.71 Å². The molecule has 0 bridgehead atoms. The highest BCUT2D eigenvalue weighted by Crippen LogP contribution is 2.50. The Morgan fingerprint density at radius 3 is 0.698 bits per heavy atom. The van der Waals surface area contributed by atoms with Crippen LogP contribution < -0.4 is 26.2 Å². The molecule has 0 aliphatic carbocycles. The van der Waals surface area contributed by atoms with Crippen molar-refractivity contribution < 1.29 is 0 Å². The fourth-order valence-electron chi connectivity index (χ4n) is 17.6. The lowest BCUT2D eigenvalue weighted by atomic mass is 9.33. The van der Waals surface area contributed by atoms with Crippen LogP contribution in [0.15, 0.2) is 328 Å². The van der Waals surface area contributed by atoms with Crippen molar-refractivity contribution in [1.29, 1.82) is 0 Å². The molecule has 0 fully saturated rings. The fourth-order valence-corrected chi connectivity index (χ4v) is 17.6. The van der Waals surface area contributed by atoms with Gasteiger partial charge in [-0.1, -0.05) is 231 Å². The second-order valence-electron chi connectivity index (χ2n) is 26.2. The Hall–Kier alpha value is -12.6. The predicted molar refractivity (Wildman–Crippen MR) is 409 cm³/mol. The third-order valence-corrected chi connectivity index (χ3v) is 21.5. The lowest BCUT2D eigenvalue weighted by Gasteiger charge is -2.45. The van der Waals surface area contributed by atoms with Gasteiger partial charge in [0.1, 0.15) is 0 Å². The first-order chi connectivity index (χ1) is 47.7. The maximum atomic E-state index is 2.64. The molecule has 442 valence electrons. The Balaban J connectivity index is 0.905. The van der Waals surface area contributed by atoms with Gasteiger partial charge in [0.2, 0.25) is 0 Å². The number of anilines is 6. The SMILES string of the molecule is c1ccc2c(c1)c1ccccc1c1cc(N3c4cc(-n5c6ccccc6c6ccccc65)ccc4B4c5ccc(-n6c7ccccc7c7ccccc76)cc5N(c5ccc6c7ccccc7c7ccccc7c6c5)c5cc(-n6c7ccccc7c7ccccc76)cc3c54)ccc21. The van der Waals surface area contributed by atoms with Crippen molar-refractivity contribution in [3.63, 3.8) is 0 Å². The van der Waals surface area contributed by atoms with E-state index in [0.29, 0.717) is 0 Å². The van der Waals surface area contributed by atoms with Crippen molar-refractivity contribution in [2.75, 3.05) is 9.80 Å². The van der Waals surface area contributed by atoms with Gasteiger partial charge in [-0.2, -0.15) is 0 Å². The molecule has 22 rings (SSSR count). The average Bonchev–Trinajstić information content (AvgIpc) is 0.791. The van der Waals surface area contributed by atoms with E-state index in [1.807, 2.05) is 0 Å². The molecule has 3 aromatic heterocycles. The van der Waals surface area contributed by atoms with Crippen LogP contribution in [-0.4, -0.2) is 20.4 Å². The molecule has 96 heavy (non-hydrogen) atoms. The molecule has 0 saturated carbocycles. The normalized spacial score (nSPS) is 12.9. The molecule has 0 N–H and O–H groups in total. The Morgan fingerprint density at radius 2 is 0.396 bits per heavy atom. The minimum Gasteiger partial charge on any atom is -0.311 e. The molecule has 5 heterocycles. The van der Waals surface area contributed by atoms with Gasteiger partial charge < -0.3 is 23.5 Å². The lowest BCUT2D eigenvalue weighted by molar-refractivity contribution is 1.15. The molecule has 0 saturated heterocycles. The van der Waals surface area contributed by atoms with Gasteiger partial charge in [0, 0.05) is 77.8 Å². The first-order valence-electron chi connectivity index (χ1n) is 33.4. The van der Waals surface area contributed by atoms with E-state index < -0.39 is 0 Å². The fraction of sp³-hybridized carbons (Fsp3) is 0. The largest absolute Gasteiger partial charge is 0.311 e. The topological polar surface area (TPSA) is 21.3 Å². The average molecular weight is 1220 g/mol. The summed E-state index contributed by atoms with van der Waals surface area (Å²) in [4.78, 5) is 5.27. The van der Waals surface area contributed by atoms with Gasteiger partial charge in [-0.05, 0) is 178 Å². The summed E-state index contributed by atoms with van der Waals surface area (Å²) in [5.74, 6) is 0. The van der Waals surface area contributed by atoms with E-state index in [1.54, 1.807) is 0 Å². The van der Waals surface area contributed by atoms with Crippen LogP contribution in [0.1, 0.15) is 0 Å². The van der Waals surface area contributed by atoms with Gasteiger partial charge in [-0.15, -0.1) is 0 Å². The van der Waals surface area contributed by atoms with Crippen LogP contribution in [0.25, 0.3) is 147 Å². The maximum absolute atomic E-state index is 2.64. The molecular weight excluding hydrogens is 1160 g/mol. The summed E-state index contributed by atoms with van der Waals surface area (Å²) >= 11 is 0. The van der Waals surface area contributed by atoms with Crippen LogP contribution in [0, 0.1) is 0 Å². The number of benzene rings is 17. The Labute approximate surface area is 552 Å². The van der Waals surface area contributed by atoms with Crippen molar-refractivity contribution in [2.45, 2.75) is 0 Å². The van der Waals surface area contributed by atoms with Gasteiger partial charge in [-0.25, -0.2) is 0 Å². The molecule has 0 spiro atoms. The van der Waals surface area contributed by atoms with Crippen LogP contribution in [0.3, 0.4) is 0 Å². The molecule has 6 heteroatoms. The third-order valence-electron chi connectivity index (χ3n) is 21.5. The minimum absolute atomic E-state index is 0.199. The first-order valence-corrected chi connectivity index (χ1v) is 33.4. The zero-order valence-corrected chi connectivity index (χ0v) is 52.0. The third kappa shape index (κ3) is 7.03. The molecule has 17 aromatic carbocycles. The summed E-state index contributed by atoms with van der Waals surface area (Å²) in [6.45, 7) is -0.199. The van der Waals surface area contributed by atoms with Crippen molar-refractivity contribution in [3.8, 4) is 17.1 Å². The lowest BCUT2D eigenvalue weighted by Crippen LogP contribution is -2.61. The second kappa shape index (κ2) is 19.5. The number of nitrogens with zero attached hydrogens (tertiary/aromatic N) is 5. The Kier molecular flexibility index (Phi) is 10.5. The molecule has 0 amide bonds. The van der Waals surface area contributed by atoms with Crippen LogP contribution in [0.4, 0.5) is 34.1 Å². The molecule has 5 nitrogen and oxygen atoms in total. The van der Waals surface area contributed by atoms with Gasteiger partial charge in [0.15, 0.2) is 0 Å².